The first kappa shape index (κ1) is 19.8. The van der Waals surface area contributed by atoms with Crippen LogP contribution in [0.15, 0.2) is 61.2 Å². The van der Waals surface area contributed by atoms with E-state index in [2.05, 4.69) is 17.2 Å². The average Bonchev–Trinajstić information content (AvgIpc) is 3.24. The molecule has 0 bridgehead atoms. The summed E-state index contributed by atoms with van der Waals surface area (Å²) in [6, 6.07) is 14.8. The smallest absolute Gasteiger partial charge is 0.243 e. The van der Waals surface area contributed by atoms with Crippen LogP contribution in [-0.4, -0.2) is 38.4 Å². The number of carbonyl (C=O) groups is 1. The summed E-state index contributed by atoms with van der Waals surface area (Å²) in [5.41, 5.74) is 1.54. The van der Waals surface area contributed by atoms with Crippen molar-refractivity contribution in [1.82, 2.24) is 0 Å². The Bertz CT molecular complexity index is 770. The molecule has 1 unspecified atom stereocenters. The van der Waals surface area contributed by atoms with Crippen LogP contribution in [0.25, 0.3) is 0 Å². The minimum Gasteiger partial charge on any atom is -0.491 e. The van der Waals surface area contributed by atoms with Gasteiger partial charge in [0.25, 0.3) is 0 Å². The van der Waals surface area contributed by atoms with Gasteiger partial charge in [0.05, 0.1) is 12.6 Å². The van der Waals surface area contributed by atoms with Gasteiger partial charge in [0.1, 0.15) is 24.7 Å². The standard InChI is InChI=1S/C22H26N2O4/c1-2-12-26-20-6-3-5-18(14-20)24-22(25)15-23-17-8-10-19(11-9-17)28-16-21-7-4-13-27-21/h2-3,5-6,8-11,14,21,23H,1,4,7,12-13,15-16H2,(H,24,25). The van der Waals surface area contributed by atoms with Crippen molar-refractivity contribution in [2.24, 2.45) is 0 Å². The van der Waals surface area contributed by atoms with Gasteiger partial charge in [-0.3, -0.25) is 4.79 Å². The summed E-state index contributed by atoms with van der Waals surface area (Å²) in [4.78, 5) is 12.2. The minimum atomic E-state index is -0.139. The number of benzene rings is 2. The van der Waals surface area contributed by atoms with Gasteiger partial charge in [-0.15, -0.1) is 0 Å². The van der Waals surface area contributed by atoms with E-state index in [1.165, 1.54) is 0 Å². The van der Waals surface area contributed by atoms with Gasteiger partial charge in [0.2, 0.25) is 5.91 Å². The SMILES string of the molecule is C=CCOc1cccc(NC(=O)CNc2ccc(OCC3CCCO3)cc2)c1. The minimum absolute atomic E-state index is 0.139. The van der Waals surface area contributed by atoms with Crippen molar-refractivity contribution in [2.75, 3.05) is 37.0 Å². The van der Waals surface area contributed by atoms with E-state index in [1.54, 1.807) is 12.1 Å². The largest absolute Gasteiger partial charge is 0.491 e. The van der Waals surface area contributed by atoms with Gasteiger partial charge in [0.15, 0.2) is 0 Å². The zero-order valence-corrected chi connectivity index (χ0v) is 15.9. The summed E-state index contributed by atoms with van der Waals surface area (Å²) in [5, 5.41) is 5.95. The molecule has 1 heterocycles. The highest BCUT2D eigenvalue weighted by Gasteiger charge is 2.15. The van der Waals surface area contributed by atoms with Gasteiger partial charge >= 0.3 is 0 Å². The Kier molecular flexibility index (Phi) is 7.32. The number of hydrogen-bond donors (Lipinski definition) is 2. The topological polar surface area (TPSA) is 68.8 Å². The van der Waals surface area contributed by atoms with Gasteiger partial charge in [-0.2, -0.15) is 0 Å². The third-order valence-electron chi connectivity index (χ3n) is 4.25. The van der Waals surface area contributed by atoms with E-state index in [-0.39, 0.29) is 18.6 Å². The molecular formula is C22H26N2O4. The molecule has 6 heteroatoms. The summed E-state index contributed by atoms with van der Waals surface area (Å²) in [6.45, 7) is 5.60. The maximum atomic E-state index is 12.2. The number of carbonyl (C=O) groups excluding carboxylic acids is 1. The normalized spacial score (nSPS) is 15.6. The lowest BCUT2D eigenvalue weighted by atomic mass is 10.2. The monoisotopic (exact) mass is 382 g/mol. The molecule has 148 valence electrons. The van der Waals surface area contributed by atoms with E-state index < -0.39 is 0 Å². The maximum Gasteiger partial charge on any atom is 0.243 e. The van der Waals surface area contributed by atoms with Gasteiger partial charge < -0.3 is 24.8 Å². The number of rotatable bonds is 10. The van der Waals surface area contributed by atoms with Crippen LogP contribution in [-0.2, 0) is 9.53 Å². The number of ether oxygens (including phenoxy) is 3. The van der Waals surface area contributed by atoms with E-state index in [0.717, 1.165) is 30.9 Å². The molecule has 0 aliphatic carbocycles. The Morgan fingerprint density at radius 1 is 1.14 bits per heavy atom. The molecule has 1 saturated heterocycles. The molecule has 0 spiro atoms. The summed E-state index contributed by atoms with van der Waals surface area (Å²) in [7, 11) is 0. The first-order chi connectivity index (χ1) is 13.7. The van der Waals surface area contributed by atoms with E-state index in [1.807, 2.05) is 42.5 Å². The van der Waals surface area contributed by atoms with Crippen molar-refractivity contribution in [1.29, 1.82) is 0 Å². The molecule has 0 saturated carbocycles. The molecular weight excluding hydrogens is 356 g/mol. The van der Waals surface area contributed by atoms with Crippen molar-refractivity contribution in [3.63, 3.8) is 0 Å². The first-order valence-corrected chi connectivity index (χ1v) is 9.45. The van der Waals surface area contributed by atoms with Crippen molar-refractivity contribution in [2.45, 2.75) is 18.9 Å². The highest BCUT2D eigenvalue weighted by Crippen LogP contribution is 2.19. The summed E-state index contributed by atoms with van der Waals surface area (Å²) < 4.78 is 16.7. The second-order valence-electron chi connectivity index (χ2n) is 6.50. The highest BCUT2D eigenvalue weighted by molar-refractivity contribution is 5.93. The molecule has 0 radical (unpaired) electrons. The highest BCUT2D eigenvalue weighted by atomic mass is 16.5. The third-order valence-corrected chi connectivity index (χ3v) is 4.25. The van der Waals surface area contributed by atoms with Crippen LogP contribution in [0.2, 0.25) is 0 Å². The lowest BCUT2D eigenvalue weighted by molar-refractivity contribution is -0.114. The summed E-state index contributed by atoms with van der Waals surface area (Å²) in [5.74, 6) is 1.34. The second kappa shape index (κ2) is 10.4. The van der Waals surface area contributed by atoms with Crippen LogP contribution in [0.5, 0.6) is 11.5 Å². The maximum absolute atomic E-state index is 12.2. The molecule has 3 rings (SSSR count). The zero-order chi connectivity index (χ0) is 19.6. The average molecular weight is 382 g/mol. The lowest BCUT2D eigenvalue weighted by Crippen LogP contribution is -2.21. The third kappa shape index (κ3) is 6.32. The fraction of sp³-hybridized carbons (Fsp3) is 0.318. The molecule has 1 aliphatic heterocycles. The molecule has 1 fully saturated rings. The molecule has 6 nitrogen and oxygen atoms in total. The van der Waals surface area contributed by atoms with Crippen molar-refractivity contribution >= 4 is 17.3 Å². The summed E-state index contributed by atoms with van der Waals surface area (Å²) in [6.07, 6.45) is 4.03. The van der Waals surface area contributed by atoms with Crippen molar-refractivity contribution < 1.29 is 19.0 Å². The molecule has 2 aromatic carbocycles. The van der Waals surface area contributed by atoms with Gasteiger partial charge in [0, 0.05) is 24.0 Å². The number of amides is 1. The van der Waals surface area contributed by atoms with E-state index in [0.29, 0.717) is 24.7 Å². The van der Waals surface area contributed by atoms with E-state index in [9.17, 15) is 4.79 Å². The number of anilines is 2. The predicted molar refractivity (Wildman–Crippen MR) is 110 cm³/mol. The predicted octanol–water partition coefficient (Wildman–Crippen LogP) is 3.86. The van der Waals surface area contributed by atoms with Gasteiger partial charge in [-0.25, -0.2) is 0 Å². The Morgan fingerprint density at radius 3 is 2.75 bits per heavy atom. The molecule has 28 heavy (non-hydrogen) atoms. The van der Waals surface area contributed by atoms with Crippen molar-refractivity contribution in [3.05, 3.63) is 61.2 Å². The van der Waals surface area contributed by atoms with Crippen LogP contribution in [0.4, 0.5) is 11.4 Å². The Hall–Kier alpha value is -2.99. The van der Waals surface area contributed by atoms with E-state index in [4.69, 9.17) is 14.2 Å². The zero-order valence-electron chi connectivity index (χ0n) is 15.9. The molecule has 2 N–H and O–H groups in total. The van der Waals surface area contributed by atoms with Crippen LogP contribution >= 0.6 is 0 Å². The Balaban J connectivity index is 1.42. The Labute approximate surface area is 165 Å². The molecule has 2 aromatic rings. The molecule has 0 aromatic heterocycles. The fourth-order valence-corrected chi connectivity index (χ4v) is 2.84. The number of hydrogen-bond acceptors (Lipinski definition) is 5. The van der Waals surface area contributed by atoms with E-state index >= 15 is 0 Å². The molecule has 1 atom stereocenters. The van der Waals surface area contributed by atoms with Crippen LogP contribution in [0, 0.1) is 0 Å². The van der Waals surface area contributed by atoms with Gasteiger partial charge in [-0.1, -0.05) is 18.7 Å². The molecule has 1 aliphatic rings. The first-order valence-electron chi connectivity index (χ1n) is 9.45. The fourth-order valence-electron chi connectivity index (χ4n) is 2.84. The Morgan fingerprint density at radius 2 is 2.00 bits per heavy atom. The second-order valence-corrected chi connectivity index (χ2v) is 6.50. The van der Waals surface area contributed by atoms with Gasteiger partial charge in [-0.05, 0) is 49.2 Å². The summed E-state index contributed by atoms with van der Waals surface area (Å²) >= 11 is 0. The quantitative estimate of drug-likeness (QED) is 0.611. The van der Waals surface area contributed by atoms with Crippen LogP contribution in [0.1, 0.15) is 12.8 Å². The van der Waals surface area contributed by atoms with Crippen LogP contribution in [0.3, 0.4) is 0 Å². The van der Waals surface area contributed by atoms with Crippen molar-refractivity contribution in [3.8, 4) is 11.5 Å². The van der Waals surface area contributed by atoms with Crippen LogP contribution < -0.4 is 20.1 Å². The molecule has 1 amide bonds. The number of nitrogens with one attached hydrogen (secondary N) is 2. The lowest BCUT2D eigenvalue weighted by Gasteiger charge is -2.12.